The number of amides is 1. The van der Waals surface area contributed by atoms with E-state index in [4.69, 9.17) is 4.74 Å². The summed E-state index contributed by atoms with van der Waals surface area (Å²) in [6.45, 7) is -0.0607. The van der Waals surface area contributed by atoms with Crippen LogP contribution in [0.4, 0.5) is 11.4 Å². The van der Waals surface area contributed by atoms with Gasteiger partial charge in [0.15, 0.2) is 6.61 Å². The zero-order chi connectivity index (χ0) is 17.0. The number of nitrogens with one attached hydrogen (secondary N) is 1. The molecule has 23 heavy (non-hydrogen) atoms. The monoisotopic (exact) mass is 320 g/mol. The molecule has 0 aromatic heterocycles. The average molecular weight is 320 g/mol. The van der Waals surface area contributed by atoms with Gasteiger partial charge >= 0.3 is 11.9 Å². The van der Waals surface area contributed by atoms with Gasteiger partial charge in [0.1, 0.15) is 11.4 Å². The van der Waals surface area contributed by atoms with Crippen molar-refractivity contribution in [2.24, 2.45) is 0 Å². The minimum atomic E-state index is -0.721. The molecule has 0 unspecified atom stereocenters. The lowest BCUT2D eigenvalue weighted by atomic mass is 10.2. The molecule has 1 amide bonds. The van der Waals surface area contributed by atoms with Gasteiger partial charge in [-0.05, 0) is 12.1 Å². The van der Waals surface area contributed by atoms with Crippen molar-refractivity contribution >= 4 is 29.2 Å². The van der Waals surface area contributed by atoms with E-state index >= 15 is 0 Å². The molecule has 8 nitrogen and oxygen atoms in total. The van der Waals surface area contributed by atoms with Gasteiger partial charge in [-0.25, -0.2) is 9.59 Å². The third-order valence-electron chi connectivity index (χ3n) is 3.19. The van der Waals surface area contributed by atoms with Crippen LogP contribution in [-0.4, -0.2) is 45.7 Å². The van der Waals surface area contributed by atoms with Gasteiger partial charge in [0.05, 0.1) is 26.0 Å². The van der Waals surface area contributed by atoms with Crippen LogP contribution < -0.4 is 15.0 Å². The Labute approximate surface area is 132 Å². The minimum Gasteiger partial charge on any atom is -0.481 e. The van der Waals surface area contributed by atoms with E-state index < -0.39 is 11.9 Å². The van der Waals surface area contributed by atoms with E-state index in [1.54, 1.807) is 25.2 Å². The molecule has 8 heteroatoms. The number of carbonyl (C=O) groups is 3. The van der Waals surface area contributed by atoms with Crippen LogP contribution in [0.5, 0.6) is 5.75 Å². The van der Waals surface area contributed by atoms with E-state index in [0.717, 1.165) is 6.08 Å². The smallest absolute Gasteiger partial charge is 0.354 e. The van der Waals surface area contributed by atoms with E-state index in [9.17, 15) is 14.4 Å². The Morgan fingerprint density at radius 3 is 2.70 bits per heavy atom. The summed E-state index contributed by atoms with van der Waals surface area (Å²) in [5.41, 5.74) is 1.02. The molecule has 0 saturated carbocycles. The second-order valence-electron chi connectivity index (χ2n) is 4.62. The van der Waals surface area contributed by atoms with Crippen LogP contribution in [0.25, 0.3) is 0 Å². The predicted molar refractivity (Wildman–Crippen MR) is 81.1 cm³/mol. The van der Waals surface area contributed by atoms with Crippen LogP contribution in [-0.2, 0) is 23.9 Å². The fourth-order valence-electron chi connectivity index (χ4n) is 1.94. The highest BCUT2D eigenvalue weighted by molar-refractivity contribution is 6.00. The normalized spacial score (nSPS) is 13.8. The van der Waals surface area contributed by atoms with Gasteiger partial charge in [0.2, 0.25) is 0 Å². The fraction of sp³-hybridized carbons (Fsp3) is 0.267. The Balaban J connectivity index is 2.28. The van der Waals surface area contributed by atoms with Crippen LogP contribution in [0.2, 0.25) is 0 Å². The zero-order valence-corrected chi connectivity index (χ0v) is 12.9. The van der Waals surface area contributed by atoms with Gasteiger partial charge < -0.3 is 24.4 Å². The first-order chi connectivity index (χ1) is 11.0. The molecule has 1 aliphatic heterocycles. The number of hydrogen-bond donors (Lipinski definition) is 1. The minimum absolute atomic E-state index is 0.0607. The third kappa shape index (κ3) is 3.60. The Morgan fingerprint density at radius 2 is 2.04 bits per heavy atom. The zero-order valence-electron chi connectivity index (χ0n) is 12.9. The number of fused-ring (bicyclic) bond motifs is 1. The summed E-state index contributed by atoms with van der Waals surface area (Å²) in [6, 6.07) is 4.93. The summed E-state index contributed by atoms with van der Waals surface area (Å²) in [5, 5.41) is 2.77. The van der Waals surface area contributed by atoms with Crippen molar-refractivity contribution in [2.75, 3.05) is 38.1 Å². The standard InChI is InChI=1S/C15H16N2O6/c1-17-11-5-4-9(6-12(11)23-8-13(17)18)16-10(15(20)22-3)7-14(19)21-2/h4-7,16H,8H2,1-3H3/b10-7+. The molecule has 1 aliphatic rings. The second-order valence-corrected chi connectivity index (χ2v) is 4.62. The molecule has 0 aliphatic carbocycles. The summed E-state index contributed by atoms with van der Waals surface area (Å²) >= 11 is 0. The number of hydrogen-bond acceptors (Lipinski definition) is 7. The molecular weight excluding hydrogens is 304 g/mol. The summed E-state index contributed by atoms with van der Waals surface area (Å²) in [7, 11) is 4.05. The van der Waals surface area contributed by atoms with E-state index in [2.05, 4.69) is 14.8 Å². The molecule has 1 aromatic carbocycles. The summed E-state index contributed by atoms with van der Waals surface area (Å²) in [5.74, 6) is -1.09. The van der Waals surface area contributed by atoms with Crippen LogP contribution in [0.1, 0.15) is 0 Å². The van der Waals surface area contributed by atoms with Crippen molar-refractivity contribution in [3.63, 3.8) is 0 Å². The highest BCUT2D eigenvalue weighted by Crippen LogP contribution is 2.33. The van der Waals surface area contributed by atoms with Crippen molar-refractivity contribution in [3.05, 3.63) is 30.0 Å². The maximum atomic E-state index is 11.7. The van der Waals surface area contributed by atoms with E-state index in [1.807, 2.05) is 0 Å². The predicted octanol–water partition coefficient (Wildman–Crippen LogP) is 0.684. The third-order valence-corrected chi connectivity index (χ3v) is 3.19. The number of methoxy groups -OCH3 is 2. The van der Waals surface area contributed by atoms with Gasteiger partial charge in [0, 0.05) is 18.8 Å². The van der Waals surface area contributed by atoms with Crippen molar-refractivity contribution in [1.82, 2.24) is 0 Å². The Kier molecular flexibility index (Phi) is 4.85. The van der Waals surface area contributed by atoms with Gasteiger partial charge in [-0.3, -0.25) is 4.79 Å². The molecule has 2 rings (SSSR count). The highest BCUT2D eigenvalue weighted by Gasteiger charge is 2.22. The molecule has 1 aromatic rings. The topological polar surface area (TPSA) is 94.2 Å². The number of carbonyl (C=O) groups excluding carboxylic acids is 3. The van der Waals surface area contributed by atoms with Crippen molar-refractivity contribution in [2.45, 2.75) is 0 Å². The molecule has 0 radical (unpaired) electrons. The summed E-state index contributed by atoms with van der Waals surface area (Å²) < 4.78 is 14.5. The first-order valence-electron chi connectivity index (χ1n) is 6.64. The van der Waals surface area contributed by atoms with Crippen molar-refractivity contribution < 1.29 is 28.6 Å². The molecule has 122 valence electrons. The maximum absolute atomic E-state index is 11.7. The number of anilines is 2. The number of nitrogens with zero attached hydrogens (tertiary/aromatic N) is 1. The average Bonchev–Trinajstić information content (AvgIpc) is 2.56. The van der Waals surface area contributed by atoms with E-state index in [-0.39, 0.29) is 18.2 Å². The first-order valence-corrected chi connectivity index (χ1v) is 6.64. The lowest BCUT2D eigenvalue weighted by molar-refractivity contribution is -0.138. The maximum Gasteiger partial charge on any atom is 0.354 e. The largest absolute Gasteiger partial charge is 0.481 e. The van der Waals surface area contributed by atoms with Crippen molar-refractivity contribution in [3.8, 4) is 5.75 Å². The first kappa shape index (κ1) is 16.3. The summed E-state index contributed by atoms with van der Waals surface area (Å²) in [6.07, 6.45) is 0.988. The number of ether oxygens (including phenoxy) is 3. The van der Waals surface area contributed by atoms with Gasteiger partial charge in [0.25, 0.3) is 5.91 Å². The van der Waals surface area contributed by atoms with Crippen LogP contribution >= 0.6 is 0 Å². The van der Waals surface area contributed by atoms with Gasteiger partial charge in [-0.1, -0.05) is 0 Å². The highest BCUT2D eigenvalue weighted by atomic mass is 16.5. The molecule has 0 saturated heterocycles. The molecule has 0 fully saturated rings. The van der Waals surface area contributed by atoms with Gasteiger partial charge in [-0.15, -0.1) is 0 Å². The molecule has 0 atom stereocenters. The number of rotatable bonds is 4. The second kappa shape index (κ2) is 6.82. The molecule has 0 spiro atoms. The number of likely N-dealkylation sites (N-methyl/N-ethyl adjacent to an activating group) is 1. The van der Waals surface area contributed by atoms with Crippen LogP contribution in [0.3, 0.4) is 0 Å². The summed E-state index contributed by atoms with van der Waals surface area (Å²) in [4.78, 5) is 36.1. The Morgan fingerprint density at radius 1 is 1.30 bits per heavy atom. The Bertz CT molecular complexity index is 683. The molecule has 1 N–H and O–H groups in total. The fourth-order valence-corrected chi connectivity index (χ4v) is 1.94. The lowest BCUT2D eigenvalue weighted by Crippen LogP contribution is -2.35. The molecule has 0 bridgehead atoms. The van der Waals surface area contributed by atoms with Crippen molar-refractivity contribution in [1.29, 1.82) is 0 Å². The van der Waals surface area contributed by atoms with Crippen LogP contribution in [0.15, 0.2) is 30.0 Å². The van der Waals surface area contributed by atoms with Crippen LogP contribution in [0, 0.1) is 0 Å². The molecular formula is C15H16N2O6. The SMILES string of the molecule is COC(=O)/C=C(/Nc1ccc2c(c1)OCC(=O)N2C)C(=O)OC. The van der Waals surface area contributed by atoms with E-state index in [0.29, 0.717) is 17.1 Å². The number of esters is 2. The quantitative estimate of drug-likeness (QED) is 0.644. The molecule has 1 heterocycles. The van der Waals surface area contributed by atoms with Gasteiger partial charge in [-0.2, -0.15) is 0 Å². The lowest BCUT2D eigenvalue weighted by Gasteiger charge is -2.26. The van der Waals surface area contributed by atoms with E-state index in [1.165, 1.54) is 19.1 Å². The Hall–Kier alpha value is -3.03. The number of benzene rings is 1.